The minimum Gasteiger partial charge on any atom is -0.355 e. The van der Waals surface area contributed by atoms with Crippen LogP contribution in [-0.4, -0.2) is 24.0 Å². The summed E-state index contributed by atoms with van der Waals surface area (Å²) in [6.07, 6.45) is 0.268. The van der Waals surface area contributed by atoms with E-state index in [1.54, 1.807) is 31.3 Å². The molecule has 2 aromatic rings. The van der Waals surface area contributed by atoms with Gasteiger partial charge in [-0.2, -0.15) is 0 Å². The molecule has 0 aliphatic carbocycles. The topological polar surface area (TPSA) is 70.2 Å². The Bertz CT molecular complexity index is 757. The van der Waals surface area contributed by atoms with Crippen LogP contribution >= 0.6 is 12.2 Å². The molecule has 24 heavy (non-hydrogen) atoms. The van der Waals surface area contributed by atoms with Crippen molar-refractivity contribution >= 4 is 34.8 Å². The Hall–Kier alpha value is -2.73. The highest BCUT2D eigenvalue weighted by molar-refractivity contribution is 7.80. The number of hydrogen-bond donors (Lipinski definition) is 3. The number of aryl methyl sites for hydroxylation is 1. The first-order valence-electron chi connectivity index (χ1n) is 7.47. The summed E-state index contributed by atoms with van der Waals surface area (Å²) in [5.74, 6) is -0.334. The standard InChI is InChI=1S/C18H19N3O2S/c1-12-5-3-4-6-14(12)11-16(22)21-18(24)20-15-9-7-13(8-10-15)17(23)19-2/h3-10H,11H2,1-2H3,(H,19,23)(H2,20,21,22,24). The quantitative estimate of drug-likeness (QED) is 0.747. The van der Waals surface area contributed by atoms with Gasteiger partial charge in [-0.05, 0) is 54.5 Å². The minimum absolute atomic E-state index is 0.157. The number of anilines is 1. The highest BCUT2D eigenvalue weighted by Gasteiger charge is 2.08. The molecule has 0 atom stereocenters. The molecule has 0 radical (unpaired) electrons. The van der Waals surface area contributed by atoms with E-state index in [2.05, 4.69) is 16.0 Å². The zero-order valence-corrected chi connectivity index (χ0v) is 14.4. The van der Waals surface area contributed by atoms with Crippen LogP contribution in [0.5, 0.6) is 0 Å². The first-order chi connectivity index (χ1) is 11.5. The largest absolute Gasteiger partial charge is 0.355 e. The molecule has 3 N–H and O–H groups in total. The Balaban J connectivity index is 1.89. The second-order valence-corrected chi connectivity index (χ2v) is 5.67. The van der Waals surface area contributed by atoms with E-state index >= 15 is 0 Å². The van der Waals surface area contributed by atoms with Gasteiger partial charge in [0.25, 0.3) is 5.91 Å². The van der Waals surface area contributed by atoms with E-state index in [9.17, 15) is 9.59 Å². The second kappa shape index (κ2) is 8.21. The van der Waals surface area contributed by atoms with Crippen molar-refractivity contribution in [2.24, 2.45) is 0 Å². The zero-order chi connectivity index (χ0) is 17.5. The van der Waals surface area contributed by atoms with Gasteiger partial charge in [-0.25, -0.2) is 0 Å². The molecule has 0 saturated heterocycles. The fraction of sp³-hybridized carbons (Fsp3) is 0.167. The lowest BCUT2D eigenvalue weighted by molar-refractivity contribution is -0.119. The van der Waals surface area contributed by atoms with Crippen LogP contribution in [0.25, 0.3) is 0 Å². The molecule has 0 aliphatic rings. The summed E-state index contributed by atoms with van der Waals surface area (Å²) in [5, 5.41) is 8.36. The van der Waals surface area contributed by atoms with E-state index in [-0.39, 0.29) is 23.3 Å². The van der Waals surface area contributed by atoms with Crippen LogP contribution < -0.4 is 16.0 Å². The predicted molar refractivity (Wildman–Crippen MR) is 99.1 cm³/mol. The van der Waals surface area contributed by atoms with Gasteiger partial charge in [-0.1, -0.05) is 24.3 Å². The zero-order valence-electron chi connectivity index (χ0n) is 13.6. The molecule has 0 bridgehead atoms. The van der Waals surface area contributed by atoms with Crippen molar-refractivity contribution in [3.05, 3.63) is 65.2 Å². The Morgan fingerprint density at radius 2 is 1.71 bits per heavy atom. The van der Waals surface area contributed by atoms with Crippen molar-refractivity contribution in [1.29, 1.82) is 0 Å². The molecule has 0 aromatic heterocycles. The molecule has 2 amide bonds. The SMILES string of the molecule is CNC(=O)c1ccc(NC(=S)NC(=O)Cc2ccccc2C)cc1. The Kier molecular flexibility index (Phi) is 6.03. The molecule has 2 rings (SSSR count). The van der Waals surface area contributed by atoms with Gasteiger partial charge in [0, 0.05) is 18.3 Å². The molecule has 0 unspecified atom stereocenters. The van der Waals surface area contributed by atoms with Crippen LogP contribution in [-0.2, 0) is 11.2 Å². The Labute approximate surface area is 146 Å². The summed E-state index contributed by atoms with van der Waals surface area (Å²) >= 11 is 5.15. The van der Waals surface area contributed by atoms with E-state index in [4.69, 9.17) is 12.2 Å². The molecule has 6 heteroatoms. The van der Waals surface area contributed by atoms with Gasteiger partial charge in [0.15, 0.2) is 5.11 Å². The average molecular weight is 341 g/mol. The number of hydrogen-bond acceptors (Lipinski definition) is 3. The summed E-state index contributed by atoms with van der Waals surface area (Å²) in [6, 6.07) is 14.5. The van der Waals surface area contributed by atoms with Gasteiger partial charge in [0.1, 0.15) is 0 Å². The summed E-state index contributed by atoms with van der Waals surface area (Å²) in [7, 11) is 1.58. The van der Waals surface area contributed by atoms with Gasteiger partial charge >= 0.3 is 0 Å². The van der Waals surface area contributed by atoms with Crippen molar-refractivity contribution in [2.45, 2.75) is 13.3 Å². The fourth-order valence-electron chi connectivity index (χ4n) is 2.16. The van der Waals surface area contributed by atoms with Crippen molar-refractivity contribution in [1.82, 2.24) is 10.6 Å². The predicted octanol–water partition coefficient (Wildman–Crippen LogP) is 2.41. The molecule has 5 nitrogen and oxygen atoms in total. The van der Waals surface area contributed by atoms with Gasteiger partial charge in [-0.15, -0.1) is 0 Å². The van der Waals surface area contributed by atoms with Gasteiger partial charge in [0.2, 0.25) is 5.91 Å². The van der Waals surface area contributed by atoms with Crippen molar-refractivity contribution in [3.63, 3.8) is 0 Å². The number of nitrogens with one attached hydrogen (secondary N) is 3. The van der Waals surface area contributed by atoms with E-state index in [1.165, 1.54) is 0 Å². The fourth-order valence-corrected chi connectivity index (χ4v) is 2.40. The van der Waals surface area contributed by atoms with Crippen LogP contribution in [0.15, 0.2) is 48.5 Å². The lowest BCUT2D eigenvalue weighted by Crippen LogP contribution is -2.35. The molecule has 0 aliphatic heterocycles. The minimum atomic E-state index is -0.177. The van der Waals surface area contributed by atoms with Crippen molar-refractivity contribution in [3.8, 4) is 0 Å². The van der Waals surface area contributed by atoms with E-state index < -0.39 is 0 Å². The van der Waals surface area contributed by atoms with Gasteiger partial charge < -0.3 is 16.0 Å². The van der Waals surface area contributed by atoms with Gasteiger partial charge in [-0.3, -0.25) is 9.59 Å². The molecular weight excluding hydrogens is 322 g/mol. The third-order valence-electron chi connectivity index (χ3n) is 3.50. The average Bonchev–Trinajstić information content (AvgIpc) is 2.56. The lowest BCUT2D eigenvalue weighted by Gasteiger charge is -2.11. The van der Waals surface area contributed by atoms with E-state index in [1.807, 2.05) is 31.2 Å². The van der Waals surface area contributed by atoms with Crippen molar-refractivity contribution < 1.29 is 9.59 Å². The molecule has 0 fully saturated rings. The second-order valence-electron chi connectivity index (χ2n) is 5.26. The van der Waals surface area contributed by atoms with Crippen LogP contribution in [0.1, 0.15) is 21.5 Å². The van der Waals surface area contributed by atoms with Crippen LogP contribution in [0.4, 0.5) is 5.69 Å². The molecule has 0 spiro atoms. The Morgan fingerprint density at radius 1 is 1.04 bits per heavy atom. The molecule has 124 valence electrons. The molecule has 2 aromatic carbocycles. The first-order valence-corrected chi connectivity index (χ1v) is 7.88. The maximum absolute atomic E-state index is 12.1. The number of carbonyl (C=O) groups is 2. The molecular formula is C18H19N3O2S. The number of amides is 2. The number of thiocarbonyl (C=S) groups is 1. The summed E-state index contributed by atoms with van der Waals surface area (Å²) in [6.45, 7) is 1.97. The molecule has 0 saturated carbocycles. The monoisotopic (exact) mass is 341 g/mol. The number of carbonyl (C=O) groups excluding carboxylic acids is 2. The number of rotatable bonds is 4. The summed E-state index contributed by atoms with van der Waals surface area (Å²) in [4.78, 5) is 23.5. The van der Waals surface area contributed by atoms with E-state index in [0.29, 0.717) is 11.3 Å². The maximum atomic E-state index is 12.1. The summed E-state index contributed by atoms with van der Waals surface area (Å²) in [5.41, 5.74) is 3.28. The highest BCUT2D eigenvalue weighted by Crippen LogP contribution is 2.10. The maximum Gasteiger partial charge on any atom is 0.251 e. The van der Waals surface area contributed by atoms with Gasteiger partial charge in [0.05, 0.1) is 6.42 Å². The normalized spacial score (nSPS) is 9.92. The third kappa shape index (κ3) is 4.89. The van der Waals surface area contributed by atoms with Crippen molar-refractivity contribution in [2.75, 3.05) is 12.4 Å². The summed E-state index contributed by atoms with van der Waals surface area (Å²) < 4.78 is 0. The van der Waals surface area contributed by atoms with Crippen LogP contribution in [0.3, 0.4) is 0 Å². The van der Waals surface area contributed by atoms with E-state index in [0.717, 1.165) is 11.1 Å². The number of benzene rings is 2. The van der Waals surface area contributed by atoms with Crippen LogP contribution in [0, 0.1) is 6.92 Å². The highest BCUT2D eigenvalue weighted by atomic mass is 32.1. The van der Waals surface area contributed by atoms with Crippen LogP contribution in [0.2, 0.25) is 0 Å². The Morgan fingerprint density at radius 3 is 2.33 bits per heavy atom. The lowest BCUT2D eigenvalue weighted by atomic mass is 10.1. The first kappa shape index (κ1) is 17.6. The smallest absolute Gasteiger partial charge is 0.251 e. The third-order valence-corrected chi connectivity index (χ3v) is 3.70. The molecule has 0 heterocycles.